The zero-order valence-electron chi connectivity index (χ0n) is 24.3. The summed E-state index contributed by atoms with van der Waals surface area (Å²) >= 11 is 0. The van der Waals surface area contributed by atoms with E-state index in [1.165, 1.54) is 0 Å². The Hall–Kier alpha value is -3.14. The Morgan fingerprint density at radius 1 is 1.00 bits per heavy atom. The third kappa shape index (κ3) is 5.82. The van der Waals surface area contributed by atoms with Crippen LogP contribution in [0.5, 0.6) is 0 Å². The van der Waals surface area contributed by atoms with Crippen LogP contribution >= 0.6 is 0 Å². The van der Waals surface area contributed by atoms with Gasteiger partial charge in [-0.15, -0.1) is 0 Å². The van der Waals surface area contributed by atoms with Crippen molar-refractivity contribution >= 4 is 37.3 Å². The van der Waals surface area contributed by atoms with Gasteiger partial charge in [-0.3, -0.25) is 9.59 Å². The first-order valence-electron chi connectivity index (χ1n) is 14.4. The summed E-state index contributed by atoms with van der Waals surface area (Å²) in [6.45, 7) is -0.630. The summed E-state index contributed by atoms with van der Waals surface area (Å²) in [5.41, 5.74) is -7.90. The lowest BCUT2D eigenvalue weighted by Gasteiger charge is -2.43. The lowest BCUT2D eigenvalue weighted by Crippen LogP contribution is -2.51. The van der Waals surface area contributed by atoms with E-state index in [1.807, 2.05) is 0 Å². The van der Waals surface area contributed by atoms with Crippen LogP contribution in [0, 0.1) is 17.7 Å². The lowest BCUT2D eigenvalue weighted by atomic mass is 9.65. The molecule has 1 heterocycles. The normalized spacial score (nSPS) is 25.4. The number of hydrogen-bond acceptors (Lipinski definition) is 5. The number of carbonyl (C=O) groups is 2. The fourth-order valence-corrected chi connectivity index (χ4v) is 9.73. The first-order chi connectivity index (χ1) is 21.5. The molecular formula is C29H26B2F8N2O5S. The van der Waals surface area contributed by atoms with Crippen molar-refractivity contribution in [2.45, 2.75) is 71.2 Å². The molecule has 2 N–H and O–H groups in total. The summed E-state index contributed by atoms with van der Waals surface area (Å²) in [5, 5.41) is 10.2. The molecule has 2 fully saturated rings. The van der Waals surface area contributed by atoms with E-state index in [9.17, 15) is 53.8 Å². The Kier molecular flexibility index (Phi) is 8.60. The summed E-state index contributed by atoms with van der Waals surface area (Å²) < 4.78 is 137. The van der Waals surface area contributed by atoms with Crippen LogP contribution in [-0.2, 0) is 36.3 Å². The predicted octanol–water partition coefficient (Wildman–Crippen LogP) is 3.46. The molecule has 18 heteroatoms. The Morgan fingerprint density at radius 3 is 2.19 bits per heavy atom. The number of carbonyl (C=O) groups excluding carboxylic acids is 2. The van der Waals surface area contributed by atoms with Crippen LogP contribution < -0.4 is 5.32 Å². The number of likely N-dealkylation sites (tertiary alicyclic amines) is 1. The number of hydrogen-bond donors (Lipinski definition) is 2. The lowest BCUT2D eigenvalue weighted by molar-refractivity contribution is -0.348. The van der Waals surface area contributed by atoms with Crippen molar-refractivity contribution in [3.8, 4) is 0 Å². The van der Waals surface area contributed by atoms with Gasteiger partial charge in [0.2, 0.25) is 11.8 Å². The van der Waals surface area contributed by atoms with Gasteiger partial charge in [-0.05, 0) is 61.1 Å². The summed E-state index contributed by atoms with van der Waals surface area (Å²) in [6, 6.07) is 4.20. The molecule has 0 unspecified atom stereocenters. The standard InChI is InChI=1S/C29H26B2F8N2O5S/c30-26(31,44)14-41-13-16(12-23(41)42)24(43)40-22-9-10-25(47(45,46)19-5-3-18(32)4-6-19)20-8-2-17(11-15(20)1-7-21(22)25)27(33,28(34,35)36)29(37,38)39/h2-6,8,11,16,21-22,44H,1,7,9-10,12-14H2,(H,40,43)/t16-,21-,22+,25+/m0/s1. The zero-order valence-corrected chi connectivity index (χ0v) is 25.2. The van der Waals surface area contributed by atoms with Crippen molar-refractivity contribution in [2.75, 3.05) is 13.1 Å². The molecule has 2 amide bonds. The molecular weight excluding hydrogens is 662 g/mol. The highest BCUT2D eigenvalue weighted by molar-refractivity contribution is 7.92. The molecule has 3 aliphatic rings. The predicted molar refractivity (Wildman–Crippen MR) is 151 cm³/mol. The Labute approximate surface area is 266 Å². The van der Waals surface area contributed by atoms with Gasteiger partial charge in [-0.2, -0.15) is 26.3 Å². The van der Waals surface area contributed by atoms with E-state index in [0.717, 1.165) is 35.2 Å². The quantitative estimate of drug-likeness (QED) is 0.264. The molecule has 7 nitrogen and oxygen atoms in total. The van der Waals surface area contributed by atoms with Crippen molar-refractivity contribution in [1.29, 1.82) is 0 Å². The van der Waals surface area contributed by atoms with Crippen molar-refractivity contribution in [3.05, 3.63) is 65.0 Å². The molecule has 250 valence electrons. The number of fused-ring (bicyclic) bond motifs is 3. The van der Waals surface area contributed by atoms with Crippen molar-refractivity contribution < 1.29 is 58.2 Å². The maximum Gasteiger partial charge on any atom is 0.435 e. The van der Waals surface area contributed by atoms with Crippen LogP contribution in [0.1, 0.15) is 42.4 Å². The second kappa shape index (κ2) is 11.5. The molecule has 2 aliphatic carbocycles. The summed E-state index contributed by atoms with van der Waals surface area (Å²) in [7, 11) is 6.12. The Bertz CT molecular complexity index is 1670. The first kappa shape index (κ1) is 35.2. The van der Waals surface area contributed by atoms with Crippen molar-refractivity contribution in [1.82, 2.24) is 10.2 Å². The van der Waals surface area contributed by atoms with Crippen LogP contribution in [0.2, 0.25) is 0 Å². The number of aliphatic hydroxyl groups is 1. The summed E-state index contributed by atoms with van der Waals surface area (Å²) in [6.07, 6.45) is -13.7. The van der Waals surface area contributed by atoms with Gasteiger partial charge in [0.1, 0.15) is 26.3 Å². The molecule has 2 aromatic carbocycles. The third-order valence-corrected chi connectivity index (χ3v) is 11.9. The van der Waals surface area contributed by atoms with E-state index in [2.05, 4.69) is 5.32 Å². The van der Waals surface area contributed by atoms with Crippen LogP contribution in [0.3, 0.4) is 0 Å². The maximum absolute atomic E-state index is 15.0. The number of nitrogens with zero attached hydrogens (tertiary/aromatic N) is 1. The van der Waals surface area contributed by atoms with E-state index >= 15 is 4.39 Å². The molecule has 1 saturated heterocycles. The van der Waals surface area contributed by atoms with Crippen molar-refractivity contribution in [3.63, 3.8) is 0 Å². The molecule has 2 aromatic rings. The second-order valence-electron chi connectivity index (χ2n) is 12.3. The Balaban J connectivity index is 1.55. The number of amides is 2. The first-order valence-corrected chi connectivity index (χ1v) is 15.9. The molecule has 0 bridgehead atoms. The van der Waals surface area contributed by atoms with E-state index in [1.54, 1.807) is 0 Å². The van der Waals surface area contributed by atoms with Gasteiger partial charge in [0.25, 0.3) is 0 Å². The van der Waals surface area contributed by atoms with Crippen molar-refractivity contribution in [2.24, 2.45) is 11.8 Å². The minimum atomic E-state index is -6.39. The molecule has 0 spiro atoms. The fraction of sp³-hybridized carbons (Fsp3) is 0.517. The van der Waals surface area contributed by atoms with Crippen LogP contribution in [0.15, 0.2) is 47.4 Å². The average molecular weight is 688 g/mol. The highest BCUT2D eigenvalue weighted by atomic mass is 32.2. The number of benzene rings is 2. The molecule has 4 radical (unpaired) electrons. The summed E-state index contributed by atoms with van der Waals surface area (Å²) in [4.78, 5) is 26.4. The minimum absolute atomic E-state index is 0.00803. The topological polar surface area (TPSA) is 104 Å². The molecule has 47 heavy (non-hydrogen) atoms. The van der Waals surface area contributed by atoms with Gasteiger partial charge in [0.05, 0.1) is 10.8 Å². The SMILES string of the molecule is [B]C([B])(O)CN1C[C@@H](C(=O)N[C@@H]2CC[C@@]3(S(=O)(=O)c4ccc(F)cc4)c4ccc(C(F)(C(F)(F)F)C(F)(F)F)cc4CC[C@@H]23)CC1=O. The number of rotatable bonds is 7. The van der Waals surface area contributed by atoms with E-state index in [4.69, 9.17) is 15.7 Å². The molecule has 4 atom stereocenters. The summed E-state index contributed by atoms with van der Waals surface area (Å²) in [5.74, 6) is -3.86. The van der Waals surface area contributed by atoms with Gasteiger partial charge < -0.3 is 15.3 Å². The monoisotopic (exact) mass is 688 g/mol. The number of sulfone groups is 1. The van der Waals surface area contributed by atoms with E-state index in [0.29, 0.717) is 6.07 Å². The number of halogens is 8. The molecule has 1 saturated carbocycles. The third-order valence-electron chi connectivity index (χ3n) is 9.34. The highest BCUT2D eigenvalue weighted by Crippen LogP contribution is 2.59. The second-order valence-corrected chi connectivity index (χ2v) is 14.5. The van der Waals surface area contributed by atoms with Gasteiger partial charge in [0.15, 0.2) is 9.84 Å². The number of aryl methyl sites for hydroxylation is 1. The largest absolute Gasteiger partial charge is 0.435 e. The minimum Gasteiger partial charge on any atom is -0.407 e. The smallest absolute Gasteiger partial charge is 0.407 e. The maximum atomic E-state index is 15.0. The number of nitrogens with one attached hydrogen (secondary N) is 1. The number of alkyl halides is 7. The fourth-order valence-electron chi connectivity index (χ4n) is 7.26. The van der Waals surface area contributed by atoms with Crippen LogP contribution in [-0.4, -0.2) is 82.8 Å². The van der Waals surface area contributed by atoms with Crippen LogP contribution in [0.4, 0.5) is 35.1 Å². The van der Waals surface area contributed by atoms with Gasteiger partial charge >= 0.3 is 18.0 Å². The van der Waals surface area contributed by atoms with Gasteiger partial charge in [0, 0.05) is 42.4 Å². The molecule has 0 aromatic heterocycles. The highest BCUT2D eigenvalue weighted by Gasteiger charge is 2.74. The van der Waals surface area contributed by atoms with E-state index < -0.39 is 85.6 Å². The van der Waals surface area contributed by atoms with E-state index in [-0.39, 0.29) is 60.7 Å². The average Bonchev–Trinajstić information content (AvgIpc) is 3.51. The van der Waals surface area contributed by atoms with Gasteiger partial charge in [-0.25, -0.2) is 17.2 Å². The zero-order chi connectivity index (χ0) is 35.0. The molecule has 5 rings (SSSR count). The number of β-amino-alcohol motifs (C(OH)–C–C–N with tert-alkyl or cyclic N) is 1. The molecule has 1 aliphatic heterocycles. The Morgan fingerprint density at radius 2 is 1.62 bits per heavy atom. The van der Waals surface area contributed by atoms with Gasteiger partial charge in [-0.1, -0.05) is 18.2 Å². The van der Waals surface area contributed by atoms with Crippen LogP contribution in [0.25, 0.3) is 0 Å².